The van der Waals surface area contributed by atoms with E-state index in [9.17, 15) is 0 Å². The van der Waals surface area contributed by atoms with Gasteiger partial charge in [0.15, 0.2) is 0 Å². The Balaban J connectivity index is 2.07. The van der Waals surface area contributed by atoms with Crippen molar-refractivity contribution in [1.29, 1.82) is 0 Å². The van der Waals surface area contributed by atoms with Crippen molar-refractivity contribution in [3.63, 3.8) is 0 Å². The van der Waals surface area contributed by atoms with Gasteiger partial charge in [-0.15, -0.1) is 0 Å². The van der Waals surface area contributed by atoms with Crippen LogP contribution < -0.4 is 5.32 Å². The minimum absolute atomic E-state index is 1.04. The minimum atomic E-state index is 1.04. The van der Waals surface area contributed by atoms with Gasteiger partial charge in [0.05, 0.1) is 0 Å². The van der Waals surface area contributed by atoms with Crippen molar-refractivity contribution >= 4 is 27.7 Å². The minimum Gasteiger partial charge on any atom is -0.355 e. The molecular formula is C23H25N. The first-order valence-electron chi connectivity index (χ1n) is 8.66. The van der Waals surface area contributed by atoms with Crippen LogP contribution in [0.5, 0.6) is 0 Å². The second kappa shape index (κ2) is 6.92. The molecule has 0 fully saturated rings. The third kappa shape index (κ3) is 2.94. The smallest absolute Gasteiger partial charge is 0.0463 e. The highest BCUT2D eigenvalue weighted by Gasteiger charge is 2.10. The van der Waals surface area contributed by atoms with Gasteiger partial charge in [0, 0.05) is 16.8 Å². The number of rotatable bonds is 4. The molecule has 0 bridgehead atoms. The monoisotopic (exact) mass is 315 g/mol. The lowest BCUT2D eigenvalue weighted by molar-refractivity contribution is 1.10. The normalized spacial score (nSPS) is 11.8. The van der Waals surface area contributed by atoms with Crippen LogP contribution in [0.4, 0.5) is 11.4 Å². The summed E-state index contributed by atoms with van der Waals surface area (Å²) in [6, 6.07) is 19.4. The molecule has 24 heavy (non-hydrogen) atoms. The molecule has 3 rings (SSSR count). The molecule has 0 atom stereocenters. The molecule has 0 spiro atoms. The van der Waals surface area contributed by atoms with Crippen LogP contribution in [0.3, 0.4) is 0 Å². The lowest BCUT2D eigenvalue weighted by Gasteiger charge is -2.18. The molecular weight excluding hydrogens is 290 g/mol. The van der Waals surface area contributed by atoms with E-state index in [-0.39, 0.29) is 0 Å². The van der Waals surface area contributed by atoms with Gasteiger partial charge >= 0.3 is 0 Å². The quantitative estimate of drug-likeness (QED) is 0.553. The Bertz CT molecular complexity index is 898. The zero-order valence-corrected chi connectivity index (χ0v) is 15.0. The topological polar surface area (TPSA) is 12.0 Å². The van der Waals surface area contributed by atoms with Crippen molar-refractivity contribution < 1.29 is 0 Å². The molecule has 122 valence electrons. The molecule has 0 amide bonds. The molecule has 3 aromatic rings. The van der Waals surface area contributed by atoms with Gasteiger partial charge in [0.2, 0.25) is 0 Å². The third-order valence-corrected chi connectivity index (χ3v) is 4.87. The predicted molar refractivity (Wildman–Crippen MR) is 107 cm³/mol. The van der Waals surface area contributed by atoms with Crippen LogP contribution in [-0.4, -0.2) is 0 Å². The highest BCUT2D eigenvalue weighted by atomic mass is 14.9. The maximum atomic E-state index is 3.65. The lowest BCUT2D eigenvalue weighted by atomic mass is 9.93. The molecule has 0 radical (unpaired) electrons. The van der Waals surface area contributed by atoms with Gasteiger partial charge in [-0.3, -0.25) is 0 Å². The Morgan fingerprint density at radius 1 is 0.958 bits per heavy atom. The van der Waals surface area contributed by atoms with Gasteiger partial charge in [0.25, 0.3) is 0 Å². The molecule has 1 N–H and O–H groups in total. The molecule has 0 aliphatic heterocycles. The van der Waals surface area contributed by atoms with Crippen molar-refractivity contribution in [3.8, 4) is 0 Å². The van der Waals surface area contributed by atoms with Crippen molar-refractivity contribution in [2.45, 2.75) is 34.1 Å². The summed E-state index contributed by atoms with van der Waals surface area (Å²) >= 11 is 0. The predicted octanol–water partition coefficient (Wildman–Crippen LogP) is 6.88. The third-order valence-electron chi connectivity index (χ3n) is 4.87. The average molecular weight is 315 g/mol. The highest BCUT2D eigenvalue weighted by Crippen LogP contribution is 2.32. The van der Waals surface area contributed by atoms with E-state index in [4.69, 9.17) is 0 Å². The first kappa shape index (κ1) is 16.3. The van der Waals surface area contributed by atoms with Crippen LogP contribution in [-0.2, 0) is 6.42 Å². The molecule has 0 aromatic heterocycles. The highest BCUT2D eigenvalue weighted by molar-refractivity contribution is 5.95. The number of allylic oxidation sites excluding steroid dienone is 2. The molecule has 0 aliphatic carbocycles. The molecule has 0 unspecified atom stereocenters. The van der Waals surface area contributed by atoms with Crippen molar-refractivity contribution in [1.82, 2.24) is 0 Å². The fourth-order valence-electron chi connectivity index (χ4n) is 3.35. The van der Waals surface area contributed by atoms with Crippen molar-refractivity contribution in [2.75, 3.05) is 5.32 Å². The number of hydrogen-bond acceptors (Lipinski definition) is 1. The summed E-state index contributed by atoms with van der Waals surface area (Å²) in [5.74, 6) is 0. The first-order chi connectivity index (χ1) is 11.7. The maximum Gasteiger partial charge on any atom is 0.0463 e. The molecule has 0 aliphatic rings. The summed E-state index contributed by atoms with van der Waals surface area (Å²) in [6.07, 6.45) is 3.23. The Labute approximate surface area is 145 Å². The Kier molecular flexibility index (Phi) is 4.71. The molecule has 1 nitrogen and oxygen atoms in total. The summed E-state index contributed by atoms with van der Waals surface area (Å²) in [6.45, 7) is 8.74. The lowest BCUT2D eigenvalue weighted by Crippen LogP contribution is -2.00. The average Bonchev–Trinajstić information content (AvgIpc) is 2.62. The molecule has 3 aromatic carbocycles. The molecule has 0 saturated carbocycles. The van der Waals surface area contributed by atoms with E-state index in [1.807, 2.05) is 0 Å². The van der Waals surface area contributed by atoms with Crippen LogP contribution in [0.1, 0.15) is 37.5 Å². The number of nitrogens with one attached hydrogen (secondary N) is 1. The number of fused-ring (bicyclic) bond motifs is 1. The number of hydrogen-bond donors (Lipinski definition) is 1. The van der Waals surface area contributed by atoms with E-state index >= 15 is 0 Å². The van der Waals surface area contributed by atoms with Crippen LogP contribution >= 0.6 is 0 Å². The summed E-state index contributed by atoms with van der Waals surface area (Å²) in [5.41, 5.74) is 7.82. The van der Waals surface area contributed by atoms with E-state index in [2.05, 4.69) is 93.7 Å². The van der Waals surface area contributed by atoms with Gasteiger partial charge < -0.3 is 5.32 Å². The largest absolute Gasteiger partial charge is 0.355 e. The zero-order valence-electron chi connectivity index (χ0n) is 15.0. The second-order valence-corrected chi connectivity index (χ2v) is 6.24. The Morgan fingerprint density at radius 3 is 2.46 bits per heavy atom. The number of anilines is 2. The van der Waals surface area contributed by atoms with Crippen LogP contribution in [0.2, 0.25) is 0 Å². The summed E-state index contributed by atoms with van der Waals surface area (Å²) < 4.78 is 0. The van der Waals surface area contributed by atoms with Gasteiger partial charge in [0.1, 0.15) is 0 Å². The van der Waals surface area contributed by atoms with E-state index < -0.39 is 0 Å². The van der Waals surface area contributed by atoms with Crippen LogP contribution in [0.25, 0.3) is 16.3 Å². The fourth-order valence-corrected chi connectivity index (χ4v) is 3.35. The van der Waals surface area contributed by atoms with Gasteiger partial charge in [-0.05, 0) is 67.0 Å². The van der Waals surface area contributed by atoms with Crippen molar-refractivity contribution in [2.24, 2.45) is 0 Å². The Hall–Kier alpha value is -2.54. The van der Waals surface area contributed by atoms with Gasteiger partial charge in [-0.25, -0.2) is 0 Å². The SMILES string of the molecule is C/C=C(\C)c1ccc(Nc2cccc3ccccc23)c(C)c1CC. The molecule has 0 heterocycles. The zero-order chi connectivity index (χ0) is 17.1. The summed E-state index contributed by atoms with van der Waals surface area (Å²) in [7, 11) is 0. The number of benzene rings is 3. The Morgan fingerprint density at radius 2 is 1.71 bits per heavy atom. The fraction of sp³-hybridized carbons (Fsp3) is 0.217. The first-order valence-corrected chi connectivity index (χ1v) is 8.66. The van der Waals surface area contributed by atoms with E-state index in [1.54, 1.807) is 0 Å². The molecule has 1 heteroatoms. The van der Waals surface area contributed by atoms with Gasteiger partial charge in [-0.2, -0.15) is 0 Å². The van der Waals surface area contributed by atoms with E-state index in [0.717, 1.165) is 12.1 Å². The van der Waals surface area contributed by atoms with Gasteiger partial charge in [-0.1, -0.05) is 55.5 Å². The van der Waals surface area contributed by atoms with Crippen LogP contribution in [0.15, 0.2) is 60.7 Å². The summed E-state index contributed by atoms with van der Waals surface area (Å²) in [5, 5.41) is 6.17. The van der Waals surface area contributed by atoms with Crippen molar-refractivity contribution in [3.05, 3.63) is 77.4 Å². The standard InChI is InChI=1S/C23H25N/c1-5-16(3)20-14-15-22(17(4)19(20)6-2)24-23-13-9-11-18-10-7-8-12-21(18)23/h5,7-15,24H,6H2,1-4H3/b16-5+. The summed E-state index contributed by atoms with van der Waals surface area (Å²) in [4.78, 5) is 0. The van der Waals surface area contributed by atoms with Crippen LogP contribution in [0, 0.1) is 6.92 Å². The maximum absolute atomic E-state index is 3.65. The van der Waals surface area contributed by atoms with E-state index in [1.165, 1.54) is 38.7 Å². The molecule has 0 saturated heterocycles. The second-order valence-electron chi connectivity index (χ2n) is 6.24. The van der Waals surface area contributed by atoms with E-state index in [0.29, 0.717) is 0 Å².